The van der Waals surface area contributed by atoms with Crippen LogP contribution >= 0.6 is 0 Å². The fraction of sp³-hybridized carbons (Fsp3) is 0.615. The third-order valence-electron chi connectivity index (χ3n) is 3.28. The minimum absolute atomic E-state index is 0.0945. The molecule has 1 aliphatic carbocycles. The summed E-state index contributed by atoms with van der Waals surface area (Å²) in [6.45, 7) is 1.84. The Hall–Kier alpha value is -1.67. The van der Waals surface area contributed by atoms with Gasteiger partial charge in [0.1, 0.15) is 17.9 Å². The number of likely N-dealkylation sites (N-methyl/N-ethyl adjacent to an activating group) is 1. The minimum Gasteiger partial charge on any atom is -0.458 e. The van der Waals surface area contributed by atoms with Gasteiger partial charge in [0.2, 0.25) is 0 Å². The lowest BCUT2D eigenvalue weighted by molar-refractivity contribution is 0.107. The van der Waals surface area contributed by atoms with Gasteiger partial charge in [0.05, 0.1) is 0 Å². The van der Waals surface area contributed by atoms with E-state index in [0.29, 0.717) is 17.7 Å². The van der Waals surface area contributed by atoms with Crippen LogP contribution in [0, 0.1) is 18.3 Å². The summed E-state index contributed by atoms with van der Waals surface area (Å²) in [4.78, 5) is 8.33. The first-order chi connectivity index (χ1) is 8.72. The van der Waals surface area contributed by atoms with Gasteiger partial charge < -0.3 is 10.1 Å². The Balaban J connectivity index is 2.12. The molecule has 1 aromatic rings. The molecule has 0 saturated heterocycles. The SMILES string of the molecule is CNC1CCCCC1Oc1nc(C)cc(C#N)n1. The Bertz CT molecular complexity index is 455. The maximum absolute atomic E-state index is 8.88. The number of aromatic nitrogens is 2. The molecule has 5 heteroatoms. The molecule has 0 aliphatic heterocycles. The molecule has 1 aromatic heterocycles. The van der Waals surface area contributed by atoms with Crippen LogP contribution in [0.3, 0.4) is 0 Å². The second kappa shape index (κ2) is 5.78. The molecule has 1 heterocycles. The maximum Gasteiger partial charge on any atom is 0.318 e. The van der Waals surface area contributed by atoms with Crippen LogP contribution in [0.2, 0.25) is 0 Å². The van der Waals surface area contributed by atoms with E-state index in [1.807, 2.05) is 20.0 Å². The first kappa shape index (κ1) is 12.8. The van der Waals surface area contributed by atoms with Crippen molar-refractivity contribution in [3.05, 3.63) is 17.5 Å². The Morgan fingerprint density at radius 3 is 2.89 bits per heavy atom. The van der Waals surface area contributed by atoms with Crippen molar-refractivity contribution in [1.82, 2.24) is 15.3 Å². The van der Waals surface area contributed by atoms with Gasteiger partial charge in [0.15, 0.2) is 0 Å². The molecule has 0 spiro atoms. The van der Waals surface area contributed by atoms with Gasteiger partial charge in [0, 0.05) is 11.7 Å². The third-order valence-corrected chi connectivity index (χ3v) is 3.28. The van der Waals surface area contributed by atoms with E-state index in [1.165, 1.54) is 12.8 Å². The number of hydrogen-bond acceptors (Lipinski definition) is 5. The summed E-state index contributed by atoms with van der Waals surface area (Å²) in [5.41, 5.74) is 1.11. The fourth-order valence-corrected chi connectivity index (χ4v) is 2.35. The van der Waals surface area contributed by atoms with E-state index in [2.05, 4.69) is 15.3 Å². The third kappa shape index (κ3) is 2.96. The zero-order valence-electron chi connectivity index (χ0n) is 10.8. The molecule has 0 aromatic carbocycles. The van der Waals surface area contributed by atoms with E-state index in [-0.39, 0.29) is 6.10 Å². The number of nitrogens with one attached hydrogen (secondary N) is 1. The zero-order valence-corrected chi connectivity index (χ0v) is 10.8. The van der Waals surface area contributed by atoms with Crippen molar-refractivity contribution in [2.75, 3.05) is 7.05 Å². The second-order valence-electron chi connectivity index (χ2n) is 4.62. The van der Waals surface area contributed by atoms with Crippen molar-refractivity contribution >= 4 is 0 Å². The number of ether oxygens (including phenoxy) is 1. The Morgan fingerprint density at radius 2 is 2.17 bits per heavy atom. The molecule has 0 radical (unpaired) electrons. The van der Waals surface area contributed by atoms with Gasteiger partial charge in [-0.25, -0.2) is 4.98 Å². The smallest absolute Gasteiger partial charge is 0.318 e. The van der Waals surface area contributed by atoms with E-state index >= 15 is 0 Å². The van der Waals surface area contributed by atoms with Crippen molar-refractivity contribution in [2.45, 2.75) is 44.8 Å². The van der Waals surface area contributed by atoms with Crippen molar-refractivity contribution in [3.8, 4) is 12.1 Å². The Labute approximate surface area is 107 Å². The molecule has 1 aliphatic rings. The second-order valence-corrected chi connectivity index (χ2v) is 4.62. The summed E-state index contributed by atoms with van der Waals surface area (Å²) in [6, 6.07) is 4.34. The number of aryl methyl sites for hydroxylation is 1. The average molecular weight is 246 g/mol. The van der Waals surface area contributed by atoms with Crippen LogP contribution in [0.1, 0.15) is 37.1 Å². The molecule has 96 valence electrons. The summed E-state index contributed by atoms with van der Waals surface area (Å²) >= 11 is 0. The quantitative estimate of drug-likeness (QED) is 0.876. The average Bonchev–Trinajstić information content (AvgIpc) is 2.38. The lowest BCUT2D eigenvalue weighted by Crippen LogP contribution is -2.43. The zero-order chi connectivity index (χ0) is 13.0. The predicted octanol–water partition coefficient (Wildman–Crippen LogP) is 1.57. The molecule has 0 amide bonds. The minimum atomic E-state index is 0.0945. The summed E-state index contributed by atoms with van der Waals surface area (Å²) < 4.78 is 5.85. The van der Waals surface area contributed by atoms with Gasteiger partial charge in [-0.2, -0.15) is 10.2 Å². The molecule has 0 bridgehead atoms. The van der Waals surface area contributed by atoms with Crippen molar-refractivity contribution in [2.24, 2.45) is 0 Å². The highest BCUT2D eigenvalue weighted by Crippen LogP contribution is 2.22. The van der Waals surface area contributed by atoms with Gasteiger partial charge in [-0.05, 0) is 39.3 Å². The molecule has 2 unspecified atom stereocenters. The Kier molecular flexibility index (Phi) is 4.11. The van der Waals surface area contributed by atoms with E-state index < -0.39 is 0 Å². The highest BCUT2D eigenvalue weighted by molar-refractivity contribution is 5.23. The number of nitriles is 1. The van der Waals surface area contributed by atoms with Gasteiger partial charge in [-0.1, -0.05) is 6.42 Å². The van der Waals surface area contributed by atoms with E-state index in [4.69, 9.17) is 10.00 Å². The Morgan fingerprint density at radius 1 is 1.39 bits per heavy atom. The van der Waals surface area contributed by atoms with Crippen molar-refractivity contribution in [1.29, 1.82) is 5.26 Å². The van der Waals surface area contributed by atoms with Crippen LogP contribution in [0.15, 0.2) is 6.07 Å². The van der Waals surface area contributed by atoms with Gasteiger partial charge in [-0.15, -0.1) is 0 Å². The number of hydrogen-bond donors (Lipinski definition) is 1. The number of nitrogens with zero attached hydrogens (tertiary/aromatic N) is 3. The summed E-state index contributed by atoms with van der Waals surface area (Å²) in [6.07, 6.45) is 4.60. The fourth-order valence-electron chi connectivity index (χ4n) is 2.35. The van der Waals surface area contributed by atoms with Crippen molar-refractivity contribution in [3.63, 3.8) is 0 Å². The summed E-state index contributed by atoms with van der Waals surface area (Å²) in [5.74, 6) is 0. The van der Waals surface area contributed by atoms with Crippen LogP contribution in [-0.4, -0.2) is 29.2 Å². The molecular formula is C13H18N4O. The lowest BCUT2D eigenvalue weighted by Gasteiger charge is -2.30. The van der Waals surface area contributed by atoms with Crippen LogP contribution in [0.4, 0.5) is 0 Å². The molecule has 18 heavy (non-hydrogen) atoms. The highest BCUT2D eigenvalue weighted by atomic mass is 16.5. The monoisotopic (exact) mass is 246 g/mol. The molecule has 5 nitrogen and oxygen atoms in total. The van der Waals surface area contributed by atoms with Crippen LogP contribution in [-0.2, 0) is 0 Å². The summed E-state index contributed by atoms with van der Waals surface area (Å²) in [7, 11) is 1.95. The lowest BCUT2D eigenvalue weighted by atomic mass is 9.92. The molecule has 2 rings (SSSR count). The molecule has 2 atom stereocenters. The normalized spacial score (nSPS) is 23.4. The molecule has 1 saturated carbocycles. The first-order valence-electron chi connectivity index (χ1n) is 6.32. The van der Waals surface area contributed by atoms with Crippen LogP contribution in [0.25, 0.3) is 0 Å². The largest absolute Gasteiger partial charge is 0.458 e. The number of rotatable bonds is 3. The van der Waals surface area contributed by atoms with E-state index in [0.717, 1.165) is 18.5 Å². The van der Waals surface area contributed by atoms with Crippen LogP contribution in [0.5, 0.6) is 6.01 Å². The van der Waals surface area contributed by atoms with Crippen molar-refractivity contribution < 1.29 is 4.74 Å². The van der Waals surface area contributed by atoms with Gasteiger partial charge in [0.25, 0.3) is 0 Å². The topological polar surface area (TPSA) is 70.8 Å². The first-order valence-corrected chi connectivity index (χ1v) is 6.32. The van der Waals surface area contributed by atoms with E-state index in [9.17, 15) is 0 Å². The predicted molar refractivity (Wildman–Crippen MR) is 67.2 cm³/mol. The standard InChI is InChI=1S/C13H18N4O/c1-9-7-10(8-14)17-13(16-9)18-12-6-4-3-5-11(12)15-2/h7,11-12,15H,3-6H2,1-2H3. The van der Waals surface area contributed by atoms with Gasteiger partial charge in [-0.3, -0.25) is 0 Å². The van der Waals surface area contributed by atoms with E-state index in [1.54, 1.807) is 6.07 Å². The summed E-state index contributed by atoms with van der Waals surface area (Å²) in [5, 5.41) is 12.2. The highest BCUT2D eigenvalue weighted by Gasteiger charge is 2.26. The molecule has 1 N–H and O–H groups in total. The maximum atomic E-state index is 8.88. The van der Waals surface area contributed by atoms with Gasteiger partial charge >= 0.3 is 6.01 Å². The molecule has 1 fully saturated rings. The molecular weight excluding hydrogens is 228 g/mol. The van der Waals surface area contributed by atoms with Crippen LogP contribution < -0.4 is 10.1 Å².